The molecular weight excluding hydrogens is 218 g/mol. The van der Waals surface area contributed by atoms with Crippen molar-refractivity contribution < 1.29 is 14.2 Å². The van der Waals surface area contributed by atoms with Gasteiger partial charge in [-0.1, -0.05) is 20.3 Å². The number of hydrogen-bond acceptors (Lipinski definition) is 4. The van der Waals surface area contributed by atoms with Gasteiger partial charge in [-0.25, -0.2) is 0 Å². The Morgan fingerprint density at radius 2 is 1.88 bits per heavy atom. The molecule has 0 aliphatic carbocycles. The van der Waals surface area contributed by atoms with Crippen LogP contribution in [-0.2, 0) is 14.2 Å². The number of unbranched alkanes of at least 4 members (excludes halogenated alkanes) is 1. The van der Waals surface area contributed by atoms with Crippen LogP contribution in [0.15, 0.2) is 0 Å². The van der Waals surface area contributed by atoms with E-state index in [4.69, 9.17) is 14.2 Å². The summed E-state index contributed by atoms with van der Waals surface area (Å²) >= 11 is 0. The van der Waals surface area contributed by atoms with Crippen LogP contribution in [0.25, 0.3) is 0 Å². The molecule has 4 nitrogen and oxygen atoms in total. The van der Waals surface area contributed by atoms with Gasteiger partial charge >= 0.3 is 0 Å². The Balaban J connectivity index is 3.41. The van der Waals surface area contributed by atoms with Crippen LogP contribution < -0.4 is 5.32 Å². The first-order valence-electron chi connectivity index (χ1n) is 6.74. The lowest BCUT2D eigenvalue weighted by atomic mass is 10.3. The molecule has 0 radical (unpaired) electrons. The molecule has 0 aliphatic heterocycles. The minimum Gasteiger partial charge on any atom is -0.382 e. The Morgan fingerprint density at radius 3 is 2.53 bits per heavy atom. The van der Waals surface area contributed by atoms with Crippen molar-refractivity contribution in [2.24, 2.45) is 0 Å². The Kier molecular flexibility index (Phi) is 13.8. The highest BCUT2D eigenvalue weighted by Gasteiger charge is 2.07. The first-order chi connectivity index (χ1) is 8.35. The van der Waals surface area contributed by atoms with Gasteiger partial charge in [-0.15, -0.1) is 0 Å². The van der Waals surface area contributed by atoms with Crippen molar-refractivity contribution in [3.8, 4) is 0 Å². The largest absolute Gasteiger partial charge is 0.382 e. The average molecular weight is 247 g/mol. The fourth-order valence-electron chi connectivity index (χ4n) is 1.41. The van der Waals surface area contributed by atoms with E-state index in [1.807, 2.05) is 0 Å². The maximum absolute atomic E-state index is 5.70. The third kappa shape index (κ3) is 12.1. The molecule has 17 heavy (non-hydrogen) atoms. The van der Waals surface area contributed by atoms with Crippen LogP contribution in [0.4, 0.5) is 0 Å². The lowest BCUT2D eigenvalue weighted by Gasteiger charge is -2.17. The molecule has 0 amide bonds. The standard InChI is InChI=1S/C13H29NO3/c1-4-6-8-16-9-10-17-13(12-15-3)11-14-7-5-2/h13-14H,4-12H2,1-3H3. The third-order valence-electron chi connectivity index (χ3n) is 2.37. The van der Waals surface area contributed by atoms with E-state index in [-0.39, 0.29) is 6.10 Å². The molecule has 4 heteroatoms. The quantitative estimate of drug-likeness (QED) is 0.504. The first-order valence-corrected chi connectivity index (χ1v) is 6.74. The molecule has 1 N–H and O–H groups in total. The van der Waals surface area contributed by atoms with Crippen LogP contribution in [-0.4, -0.2) is 52.7 Å². The minimum atomic E-state index is 0.126. The number of nitrogens with one attached hydrogen (secondary N) is 1. The average Bonchev–Trinajstić information content (AvgIpc) is 2.34. The highest BCUT2D eigenvalue weighted by molar-refractivity contribution is 4.60. The number of hydrogen-bond donors (Lipinski definition) is 1. The van der Waals surface area contributed by atoms with E-state index >= 15 is 0 Å². The van der Waals surface area contributed by atoms with Crippen molar-refractivity contribution >= 4 is 0 Å². The van der Waals surface area contributed by atoms with Gasteiger partial charge in [-0.05, 0) is 19.4 Å². The smallest absolute Gasteiger partial charge is 0.0933 e. The van der Waals surface area contributed by atoms with Crippen LogP contribution in [0.2, 0.25) is 0 Å². The second-order valence-corrected chi connectivity index (χ2v) is 4.12. The summed E-state index contributed by atoms with van der Waals surface area (Å²) in [6.45, 7) is 8.97. The maximum Gasteiger partial charge on any atom is 0.0933 e. The zero-order valence-electron chi connectivity index (χ0n) is 11.7. The SMILES string of the molecule is CCCCOCCOC(CNCCC)COC. The second kappa shape index (κ2) is 13.9. The third-order valence-corrected chi connectivity index (χ3v) is 2.37. The van der Waals surface area contributed by atoms with Gasteiger partial charge in [0.25, 0.3) is 0 Å². The molecule has 0 aromatic heterocycles. The Bertz CT molecular complexity index is 145. The van der Waals surface area contributed by atoms with Crippen LogP contribution in [0.1, 0.15) is 33.1 Å². The highest BCUT2D eigenvalue weighted by atomic mass is 16.5. The van der Waals surface area contributed by atoms with Gasteiger partial charge in [0.05, 0.1) is 25.9 Å². The maximum atomic E-state index is 5.70. The normalized spacial score (nSPS) is 12.9. The molecule has 0 spiro atoms. The van der Waals surface area contributed by atoms with Gasteiger partial charge in [0.2, 0.25) is 0 Å². The molecule has 0 fully saturated rings. The van der Waals surface area contributed by atoms with Crippen molar-refractivity contribution in [2.75, 3.05) is 46.6 Å². The summed E-state index contributed by atoms with van der Waals surface area (Å²) in [5.41, 5.74) is 0. The molecule has 1 unspecified atom stereocenters. The molecule has 0 rings (SSSR count). The van der Waals surface area contributed by atoms with E-state index < -0.39 is 0 Å². The summed E-state index contributed by atoms with van der Waals surface area (Å²) in [5.74, 6) is 0. The van der Waals surface area contributed by atoms with Gasteiger partial charge in [0.15, 0.2) is 0 Å². The van der Waals surface area contributed by atoms with Gasteiger partial charge in [-0.2, -0.15) is 0 Å². The molecular formula is C13H29NO3. The number of methoxy groups -OCH3 is 1. The predicted molar refractivity (Wildman–Crippen MR) is 70.5 cm³/mol. The summed E-state index contributed by atoms with van der Waals surface area (Å²) in [7, 11) is 1.70. The Labute approximate surface area is 106 Å². The molecule has 0 saturated heterocycles. The summed E-state index contributed by atoms with van der Waals surface area (Å²) in [6, 6.07) is 0. The van der Waals surface area contributed by atoms with Crippen molar-refractivity contribution in [3.63, 3.8) is 0 Å². The van der Waals surface area contributed by atoms with Crippen molar-refractivity contribution in [1.82, 2.24) is 5.32 Å². The van der Waals surface area contributed by atoms with E-state index in [0.717, 1.165) is 32.5 Å². The summed E-state index contributed by atoms with van der Waals surface area (Å²) in [4.78, 5) is 0. The molecule has 0 aliphatic rings. The van der Waals surface area contributed by atoms with Crippen LogP contribution in [0.3, 0.4) is 0 Å². The highest BCUT2D eigenvalue weighted by Crippen LogP contribution is 1.93. The van der Waals surface area contributed by atoms with Gasteiger partial charge in [0.1, 0.15) is 0 Å². The predicted octanol–water partition coefficient (Wildman–Crippen LogP) is 1.83. The van der Waals surface area contributed by atoms with Crippen molar-refractivity contribution in [2.45, 2.75) is 39.2 Å². The summed E-state index contributed by atoms with van der Waals surface area (Å²) < 4.78 is 16.3. The second-order valence-electron chi connectivity index (χ2n) is 4.12. The van der Waals surface area contributed by atoms with E-state index in [9.17, 15) is 0 Å². The molecule has 0 heterocycles. The van der Waals surface area contributed by atoms with Gasteiger partial charge in [0, 0.05) is 20.3 Å². The Hall–Kier alpha value is -0.160. The van der Waals surface area contributed by atoms with Gasteiger partial charge in [-0.3, -0.25) is 0 Å². The van der Waals surface area contributed by atoms with Crippen LogP contribution in [0, 0.1) is 0 Å². The molecule has 0 aromatic carbocycles. The lowest BCUT2D eigenvalue weighted by Crippen LogP contribution is -2.33. The van der Waals surface area contributed by atoms with E-state index in [1.54, 1.807) is 7.11 Å². The van der Waals surface area contributed by atoms with Gasteiger partial charge < -0.3 is 19.5 Å². The fourth-order valence-corrected chi connectivity index (χ4v) is 1.41. The fraction of sp³-hybridized carbons (Fsp3) is 1.00. The molecule has 0 saturated carbocycles. The van der Waals surface area contributed by atoms with Crippen LogP contribution >= 0.6 is 0 Å². The van der Waals surface area contributed by atoms with Crippen molar-refractivity contribution in [1.29, 1.82) is 0 Å². The number of ether oxygens (including phenoxy) is 3. The monoisotopic (exact) mass is 247 g/mol. The minimum absolute atomic E-state index is 0.126. The van der Waals surface area contributed by atoms with Crippen molar-refractivity contribution in [3.05, 3.63) is 0 Å². The van der Waals surface area contributed by atoms with E-state index in [1.165, 1.54) is 6.42 Å². The summed E-state index contributed by atoms with van der Waals surface area (Å²) in [6.07, 6.45) is 3.56. The molecule has 0 bridgehead atoms. The zero-order chi connectivity index (χ0) is 12.8. The zero-order valence-corrected chi connectivity index (χ0v) is 11.7. The molecule has 104 valence electrons. The van der Waals surface area contributed by atoms with Crippen LogP contribution in [0.5, 0.6) is 0 Å². The lowest BCUT2D eigenvalue weighted by molar-refractivity contribution is -0.0275. The summed E-state index contributed by atoms with van der Waals surface area (Å²) in [5, 5.41) is 3.34. The number of rotatable bonds is 13. The molecule has 1 atom stereocenters. The first kappa shape index (κ1) is 16.8. The van der Waals surface area contributed by atoms with E-state index in [2.05, 4.69) is 19.2 Å². The molecule has 0 aromatic rings. The topological polar surface area (TPSA) is 39.7 Å². The van der Waals surface area contributed by atoms with E-state index in [0.29, 0.717) is 19.8 Å². The Morgan fingerprint density at radius 1 is 1.06 bits per heavy atom.